The van der Waals surface area contributed by atoms with Crippen LogP contribution in [0.15, 0.2) is 15.9 Å². The molecule has 2 heterocycles. The highest BCUT2D eigenvalue weighted by molar-refractivity contribution is 9.11. The van der Waals surface area contributed by atoms with Crippen LogP contribution in [0.4, 0.5) is 4.79 Å². The highest BCUT2D eigenvalue weighted by Gasteiger charge is 2.48. The zero-order valence-electron chi connectivity index (χ0n) is 8.20. The summed E-state index contributed by atoms with van der Waals surface area (Å²) in [5, 5.41) is 2.69. The minimum Gasteiger partial charge on any atom is -0.319 e. The minimum absolute atomic E-state index is 0.221. The molecule has 0 saturated carbocycles. The van der Waals surface area contributed by atoms with E-state index in [1.54, 1.807) is 6.92 Å². The van der Waals surface area contributed by atoms with Gasteiger partial charge in [0.15, 0.2) is 5.54 Å². The Hall–Kier alpha value is -0.880. The summed E-state index contributed by atoms with van der Waals surface area (Å²) in [4.78, 5) is 25.2. The van der Waals surface area contributed by atoms with Crippen LogP contribution in [0.1, 0.15) is 11.8 Å². The fourth-order valence-electron chi connectivity index (χ4n) is 1.53. The quantitative estimate of drug-likeness (QED) is 0.803. The molecule has 6 heteroatoms. The SMILES string of the molecule is CN1C(=O)NC(C)(c2ccc(Br)s2)C1=O. The van der Waals surface area contributed by atoms with Crippen LogP contribution in [0.25, 0.3) is 0 Å². The molecule has 1 aliphatic heterocycles. The first-order valence-electron chi connectivity index (χ1n) is 4.31. The van der Waals surface area contributed by atoms with Gasteiger partial charge in [0.2, 0.25) is 0 Å². The second-order valence-electron chi connectivity index (χ2n) is 3.52. The third kappa shape index (κ3) is 1.48. The van der Waals surface area contributed by atoms with E-state index >= 15 is 0 Å². The first-order valence-corrected chi connectivity index (χ1v) is 5.92. The molecule has 80 valence electrons. The molecular formula is C9H9BrN2O2S. The van der Waals surface area contributed by atoms with Gasteiger partial charge in [-0.2, -0.15) is 0 Å². The molecule has 0 radical (unpaired) electrons. The van der Waals surface area contributed by atoms with Crippen molar-refractivity contribution in [3.05, 3.63) is 20.8 Å². The highest BCUT2D eigenvalue weighted by atomic mass is 79.9. The average molecular weight is 289 g/mol. The molecule has 1 N–H and O–H groups in total. The molecule has 1 atom stereocenters. The lowest BCUT2D eigenvalue weighted by atomic mass is 10.0. The Morgan fingerprint density at radius 3 is 2.53 bits per heavy atom. The number of carbonyl (C=O) groups excluding carboxylic acids is 2. The van der Waals surface area contributed by atoms with Crippen molar-refractivity contribution >= 4 is 39.2 Å². The smallest absolute Gasteiger partial charge is 0.319 e. The number of hydrogen-bond donors (Lipinski definition) is 1. The molecule has 1 fully saturated rings. The zero-order chi connectivity index (χ0) is 11.2. The monoisotopic (exact) mass is 288 g/mol. The maximum atomic E-state index is 11.9. The summed E-state index contributed by atoms with van der Waals surface area (Å²) in [6, 6.07) is 3.35. The van der Waals surface area contributed by atoms with Crippen molar-refractivity contribution in [2.75, 3.05) is 7.05 Å². The number of imide groups is 1. The Morgan fingerprint density at radius 1 is 1.47 bits per heavy atom. The van der Waals surface area contributed by atoms with Gasteiger partial charge in [0, 0.05) is 11.9 Å². The van der Waals surface area contributed by atoms with Gasteiger partial charge in [-0.15, -0.1) is 11.3 Å². The third-order valence-corrected chi connectivity index (χ3v) is 4.31. The molecule has 1 aromatic heterocycles. The molecule has 0 bridgehead atoms. The molecule has 3 amide bonds. The van der Waals surface area contributed by atoms with E-state index in [1.807, 2.05) is 12.1 Å². The zero-order valence-corrected chi connectivity index (χ0v) is 10.6. The summed E-state index contributed by atoms with van der Waals surface area (Å²) in [6.07, 6.45) is 0. The van der Waals surface area contributed by atoms with Gasteiger partial charge in [-0.1, -0.05) is 0 Å². The van der Waals surface area contributed by atoms with E-state index < -0.39 is 5.54 Å². The summed E-state index contributed by atoms with van der Waals surface area (Å²) in [7, 11) is 1.48. The molecule has 2 rings (SSSR count). The van der Waals surface area contributed by atoms with Crippen LogP contribution in [0, 0.1) is 0 Å². The second kappa shape index (κ2) is 3.31. The lowest BCUT2D eigenvalue weighted by molar-refractivity contribution is -0.130. The van der Waals surface area contributed by atoms with Gasteiger partial charge in [0.25, 0.3) is 5.91 Å². The van der Waals surface area contributed by atoms with Crippen molar-refractivity contribution in [3.63, 3.8) is 0 Å². The summed E-state index contributed by atoms with van der Waals surface area (Å²) in [5.74, 6) is -0.221. The van der Waals surface area contributed by atoms with Crippen LogP contribution < -0.4 is 5.32 Å². The number of carbonyl (C=O) groups is 2. The van der Waals surface area contributed by atoms with E-state index in [2.05, 4.69) is 21.2 Å². The maximum Gasteiger partial charge on any atom is 0.325 e. The number of nitrogens with one attached hydrogen (secondary N) is 1. The first-order chi connectivity index (χ1) is 6.95. The number of amides is 3. The topological polar surface area (TPSA) is 49.4 Å². The predicted octanol–water partition coefficient (Wildman–Crippen LogP) is 1.91. The van der Waals surface area contributed by atoms with E-state index in [-0.39, 0.29) is 11.9 Å². The molecule has 1 aromatic rings. The van der Waals surface area contributed by atoms with Crippen LogP contribution in [0.2, 0.25) is 0 Å². The Labute approximate surface area is 99.4 Å². The minimum atomic E-state index is -0.914. The number of rotatable bonds is 1. The molecule has 1 saturated heterocycles. The van der Waals surface area contributed by atoms with Crippen LogP contribution in [0.5, 0.6) is 0 Å². The Kier molecular flexibility index (Phi) is 2.35. The second-order valence-corrected chi connectivity index (χ2v) is 5.99. The van der Waals surface area contributed by atoms with Gasteiger partial charge < -0.3 is 5.32 Å². The van der Waals surface area contributed by atoms with Crippen molar-refractivity contribution in [1.29, 1.82) is 0 Å². The molecule has 4 nitrogen and oxygen atoms in total. The van der Waals surface area contributed by atoms with E-state index in [1.165, 1.54) is 18.4 Å². The van der Waals surface area contributed by atoms with Gasteiger partial charge in [-0.3, -0.25) is 9.69 Å². The van der Waals surface area contributed by atoms with Crippen molar-refractivity contribution in [3.8, 4) is 0 Å². The van der Waals surface area contributed by atoms with Crippen molar-refractivity contribution < 1.29 is 9.59 Å². The number of likely N-dealkylation sites (N-methyl/N-ethyl adjacent to an activating group) is 1. The summed E-state index contributed by atoms with van der Waals surface area (Å²) < 4.78 is 0.940. The molecular weight excluding hydrogens is 280 g/mol. The molecule has 0 aliphatic carbocycles. The van der Waals surface area contributed by atoms with E-state index in [4.69, 9.17) is 0 Å². The number of nitrogens with zero attached hydrogens (tertiary/aromatic N) is 1. The van der Waals surface area contributed by atoms with Crippen molar-refractivity contribution in [2.45, 2.75) is 12.5 Å². The van der Waals surface area contributed by atoms with E-state index in [0.29, 0.717) is 0 Å². The molecule has 1 unspecified atom stereocenters. The van der Waals surface area contributed by atoms with Gasteiger partial charge in [0.1, 0.15) is 0 Å². The van der Waals surface area contributed by atoms with Gasteiger partial charge in [-0.25, -0.2) is 4.79 Å². The number of urea groups is 1. The van der Waals surface area contributed by atoms with Gasteiger partial charge in [0.05, 0.1) is 3.79 Å². The standard InChI is InChI=1S/C9H9BrN2O2S/c1-9(5-3-4-6(10)15-5)7(13)12(2)8(14)11-9/h3-4H,1-2H3,(H,11,14). The van der Waals surface area contributed by atoms with Gasteiger partial charge in [-0.05, 0) is 35.0 Å². The van der Waals surface area contributed by atoms with Crippen LogP contribution >= 0.6 is 27.3 Å². The summed E-state index contributed by atoms with van der Waals surface area (Å²) >= 11 is 4.78. The first kappa shape index (κ1) is 10.6. The lowest BCUT2D eigenvalue weighted by Crippen LogP contribution is -2.39. The van der Waals surface area contributed by atoms with E-state index in [0.717, 1.165) is 13.6 Å². The maximum absolute atomic E-state index is 11.9. The third-order valence-electron chi connectivity index (χ3n) is 2.46. The molecule has 1 aliphatic rings. The predicted molar refractivity (Wildman–Crippen MR) is 60.7 cm³/mol. The van der Waals surface area contributed by atoms with Crippen LogP contribution in [-0.2, 0) is 10.3 Å². The average Bonchev–Trinajstić information content (AvgIpc) is 2.68. The van der Waals surface area contributed by atoms with Crippen molar-refractivity contribution in [2.24, 2.45) is 0 Å². The van der Waals surface area contributed by atoms with Crippen LogP contribution in [0.3, 0.4) is 0 Å². The van der Waals surface area contributed by atoms with Gasteiger partial charge >= 0.3 is 6.03 Å². The number of hydrogen-bond acceptors (Lipinski definition) is 3. The molecule has 0 aromatic carbocycles. The van der Waals surface area contributed by atoms with Crippen LogP contribution in [-0.4, -0.2) is 23.9 Å². The fourth-order valence-corrected chi connectivity index (χ4v) is 3.01. The summed E-state index contributed by atoms with van der Waals surface area (Å²) in [5.41, 5.74) is -0.914. The lowest BCUT2D eigenvalue weighted by Gasteiger charge is -2.18. The Bertz CT molecular complexity index is 445. The summed E-state index contributed by atoms with van der Waals surface area (Å²) in [6.45, 7) is 1.72. The Morgan fingerprint density at radius 2 is 2.13 bits per heavy atom. The fraction of sp³-hybridized carbons (Fsp3) is 0.333. The normalized spacial score (nSPS) is 25.9. The molecule has 15 heavy (non-hydrogen) atoms. The highest BCUT2D eigenvalue weighted by Crippen LogP contribution is 2.34. The largest absolute Gasteiger partial charge is 0.325 e. The Balaban J connectivity index is 2.44. The van der Waals surface area contributed by atoms with E-state index in [9.17, 15) is 9.59 Å². The van der Waals surface area contributed by atoms with Crippen molar-refractivity contribution in [1.82, 2.24) is 10.2 Å². The number of thiophene rings is 1. The molecule has 0 spiro atoms. The number of halogens is 1.